The van der Waals surface area contributed by atoms with Crippen LogP contribution in [0.1, 0.15) is 24.0 Å². The number of nitrogens with zero attached hydrogens (tertiary/aromatic N) is 3. The lowest BCUT2D eigenvalue weighted by Crippen LogP contribution is -2.31. The highest BCUT2D eigenvalue weighted by atomic mass is 16.5. The van der Waals surface area contributed by atoms with Gasteiger partial charge in [0.25, 0.3) is 0 Å². The second kappa shape index (κ2) is 8.30. The van der Waals surface area contributed by atoms with Crippen LogP contribution in [-0.4, -0.2) is 33.9 Å². The van der Waals surface area contributed by atoms with Gasteiger partial charge in [0.2, 0.25) is 0 Å². The zero-order valence-corrected chi connectivity index (χ0v) is 15.0. The maximum atomic E-state index is 5.87. The third-order valence-corrected chi connectivity index (χ3v) is 4.80. The number of aromatic nitrogens is 2. The van der Waals surface area contributed by atoms with E-state index in [0.29, 0.717) is 6.10 Å². The molecule has 0 unspecified atom stereocenters. The van der Waals surface area contributed by atoms with E-state index < -0.39 is 0 Å². The molecule has 134 valence electrons. The monoisotopic (exact) mass is 347 g/mol. The predicted octanol–water partition coefficient (Wildman–Crippen LogP) is 4.05. The molecular weight excluding hydrogens is 322 g/mol. The molecule has 1 aliphatic heterocycles. The van der Waals surface area contributed by atoms with Crippen molar-refractivity contribution in [1.29, 1.82) is 0 Å². The molecule has 4 nitrogen and oxygen atoms in total. The van der Waals surface area contributed by atoms with Crippen molar-refractivity contribution in [1.82, 2.24) is 14.7 Å². The minimum atomic E-state index is 0.350. The van der Waals surface area contributed by atoms with Crippen LogP contribution < -0.4 is 0 Å². The molecular formula is C22H25N3O. The van der Waals surface area contributed by atoms with E-state index in [4.69, 9.17) is 4.74 Å². The molecule has 0 spiro atoms. The summed E-state index contributed by atoms with van der Waals surface area (Å²) in [5.74, 6) is 0. The van der Waals surface area contributed by atoms with Gasteiger partial charge in [0.05, 0.1) is 18.0 Å². The zero-order valence-electron chi connectivity index (χ0n) is 15.0. The smallest absolute Gasteiger partial charge is 0.0703 e. The molecule has 0 bridgehead atoms. The molecule has 0 amide bonds. The van der Waals surface area contributed by atoms with E-state index in [1.54, 1.807) is 0 Å². The van der Waals surface area contributed by atoms with Gasteiger partial charge in [-0.05, 0) is 30.5 Å². The lowest BCUT2D eigenvalue weighted by molar-refractivity contribution is 0.0679. The Hall–Kier alpha value is -2.43. The van der Waals surface area contributed by atoms with Crippen LogP contribution in [0.25, 0.3) is 5.69 Å². The van der Waals surface area contributed by atoms with E-state index in [2.05, 4.69) is 58.7 Å². The van der Waals surface area contributed by atoms with Gasteiger partial charge in [-0.15, -0.1) is 0 Å². The Balaban J connectivity index is 1.47. The Morgan fingerprint density at radius 3 is 2.42 bits per heavy atom. The van der Waals surface area contributed by atoms with Crippen molar-refractivity contribution in [2.24, 2.45) is 0 Å². The van der Waals surface area contributed by atoms with Crippen LogP contribution >= 0.6 is 0 Å². The van der Waals surface area contributed by atoms with Gasteiger partial charge in [0.15, 0.2) is 0 Å². The van der Waals surface area contributed by atoms with Gasteiger partial charge >= 0.3 is 0 Å². The lowest BCUT2D eigenvalue weighted by Gasteiger charge is -2.24. The molecule has 3 aromatic rings. The van der Waals surface area contributed by atoms with Crippen LogP contribution in [0, 0.1) is 0 Å². The van der Waals surface area contributed by atoms with E-state index >= 15 is 0 Å². The van der Waals surface area contributed by atoms with Crippen LogP contribution in [0.2, 0.25) is 0 Å². The Labute approximate surface area is 155 Å². The number of benzene rings is 2. The Bertz CT molecular complexity index is 795. The third kappa shape index (κ3) is 4.40. The molecule has 2 aromatic carbocycles. The standard InChI is InChI=1S/C22H25N3O/c1-3-8-19(9-4-1)15-24(18-22-12-7-13-26-22)16-20-14-23-25(17-20)21-10-5-2-6-11-21/h1-6,8-11,14,17,22H,7,12-13,15-16,18H2/t22-/m1/s1. The third-order valence-electron chi connectivity index (χ3n) is 4.80. The van der Waals surface area contributed by atoms with Gasteiger partial charge < -0.3 is 4.74 Å². The maximum absolute atomic E-state index is 5.87. The molecule has 1 atom stereocenters. The van der Waals surface area contributed by atoms with Crippen LogP contribution in [0.4, 0.5) is 0 Å². The second-order valence-electron chi connectivity index (χ2n) is 6.92. The van der Waals surface area contributed by atoms with Crippen LogP contribution in [0.3, 0.4) is 0 Å². The summed E-state index contributed by atoms with van der Waals surface area (Å²) in [6, 6.07) is 20.9. The SMILES string of the molecule is c1ccc(CN(Cc2cnn(-c3ccccc3)c2)C[C@H]2CCCO2)cc1. The second-order valence-corrected chi connectivity index (χ2v) is 6.92. The summed E-state index contributed by atoms with van der Waals surface area (Å²) in [6.45, 7) is 3.67. The zero-order chi connectivity index (χ0) is 17.6. The summed E-state index contributed by atoms with van der Waals surface area (Å²) < 4.78 is 7.82. The van der Waals surface area contributed by atoms with E-state index in [-0.39, 0.29) is 0 Å². The van der Waals surface area contributed by atoms with Gasteiger partial charge in [0, 0.05) is 38.0 Å². The number of ether oxygens (including phenoxy) is 1. The molecule has 4 heteroatoms. The molecule has 0 aliphatic carbocycles. The lowest BCUT2D eigenvalue weighted by atomic mass is 10.1. The fourth-order valence-corrected chi connectivity index (χ4v) is 3.52. The van der Waals surface area contributed by atoms with E-state index in [9.17, 15) is 0 Å². The summed E-state index contributed by atoms with van der Waals surface area (Å²) in [5.41, 5.74) is 3.65. The molecule has 0 radical (unpaired) electrons. The summed E-state index contributed by atoms with van der Waals surface area (Å²) in [5, 5.41) is 4.54. The highest BCUT2D eigenvalue weighted by Gasteiger charge is 2.20. The summed E-state index contributed by atoms with van der Waals surface area (Å²) >= 11 is 0. The van der Waals surface area contributed by atoms with Crippen molar-refractivity contribution in [3.05, 3.63) is 84.2 Å². The molecule has 1 saturated heterocycles. The Morgan fingerprint density at radius 2 is 1.69 bits per heavy atom. The van der Waals surface area contributed by atoms with Crippen LogP contribution in [-0.2, 0) is 17.8 Å². The highest BCUT2D eigenvalue weighted by molar-refractivity contribution is 5.30. The topological polar surface area (TPSA) is 30.3 Å². The fraction of sp³-hybridized carbons (Fsp3) is 0.318. The minimum Gasteiger partial charge on any atom is -0.377 e. The normalized spacial score (nSPS) is 17.0. The van der Waals surface area contributed by atoms with Crippen molar-refractivity contribution >= 4 is 0 Å². The van der Waals surface area contributed by atoms with Crippen molar-refractivity contribution in [2.75, 3.05) is 13.2 Å². The first kappa shape index (κ1) is 17.0. The van der Waals surface area contributed by atoms with Crippen molar-refractivity contribution in [2.45, 2.75) is 32.0 Å². The van der Waals surface area contributed by atoms with Crippen molar-refractivity contribution in [3.8, 4) is 5.69 Å². The van der Waals surface area contributed by atoms with Crippen LogP contribution in [0.15, 0.2) is 73.1 Å². The molecule has 1 aliphatic rings. The van der Waals surface area contributed by atoms with E-state index in [1.807, 2.05) is 29.1 Å². The summed E-state index contributed by atoms with van der Waals surface area (Å²) in [4.78, 5) is 2.47. The number of hydrogen-bond acceptors (Lipinski definition) is 3. The molecule has 4 rings (SSSR count). The van der Waals surface area contributed by atoms with Gasteiger partial charge in [-0.2, -0.15) is 5.10 Å². The van der Waals surface area contributed by atoms with Crippen molar-refractivity contribution < 1.29 is 4.74 Å². The Morgan fingerprint density at radius 1 is 0.962 bits per heavy atom. The van der Waals surface area contributed by atoms with Crippen LogP contribution in [0.5, 0.6) is 0 Å². The first-order chi connectivity index (χ1) is 12.9. The molecule has 2 heterocycles. The average Bonchev–Trinajstić information content (AvgIpc) is 3.35. The maximum Gasteiger partial charge on any atom is 0.0703 e. The van der Waals surface area contributed by atoms with Gasteiger partial charge in [-0.25, -0.2) is 4.68 Å². The highest BCUT2D eigenvalue weighted by Crippen LogP contribution is 2.18. The van der Waals surface area contributed by atoms with E-state index in [0.717, 1.165) is 38.3 Å². The first-order valence-corrected chi connectivity index (χ1v) is 9.34. The number of hydrogen-bond donors (Lipinski definition) is 0. The molecule has 26 heavy (non-hydrogen) atoms. The summed E-state index contributed by atoms with van der Waals surface area (Å²) in [7, 11) is 0. The minimum absolute atomic E-state index is 0.350. The van der Waals surface area contributed by atoms with E-state index in [1.165, 1.54) is 17.5 Å². The molecule has 1 aromatic heterocycles. The number of para-hydroxylation sites is 1. The average molecular weight is 347 g/mol. The van der Waals surface area contributed by atoms with Crippen molar-refractivity contribution in [3.63, 3.8) is 0 Å². The van der Waals surface area contributed by atoms with Gasteiger partial charge in [0.1, 0.15) is 0 Å². The number of rotatable bonds is 7. The fourth-order valence-electron chi connectivity index (χ4n) is 3.52. The molecule has 1 fully saturated rings. The van der Waals surface area contributed by atoms with Gasteiger partial charge in [-0.1, -0.05) is 48.5 Å². The first-order valence-electron chi connectivity index (χ1n) is 9.34. The van der Waals surface area contributed by atoms with Gasteiger partial charge in [-0.3, -0.25) is 4.90 Å². The summed E-state index contributed by atoms with van der Waals surface area (Å²) in [6.07, 6.45) is 6.79. The quantitative estimate of drug-likeness (QED) is 0.646. The molecule has 0 saturated carbocycles. The Kier molecular flexibility index (Phi) is 5.43. The molecule has 0 N–H and O–H groups in total. The predicted molar refractivity (Wildman–Crippen MR) is 103 cm³/mol. The largest absolute Gasteiger partial charge is 0.377 e.